The van der Waals surface area contributed by atoms with E-state index in [2.05, 4.69) is 38.4 Å². The molecule has 2 rings (SSSR count). The number of rotatable bonds is 3. The van der Waals surface area contributed by atoms with Crippen LogP contribution in [0.4, 0.5) is 0 Å². The molecule has 0 aromatic carbocycles. The van der Waals surface area contributed by atoms with Crippen molar-refractivity contribution in [2.24, 2.45) is 5.92 Å². The quantitative estimate of drug-likeness (QED) is 0.813. The van der Waals surface area contributed by atoms with Crippen molar-refractivity contribution in [3.05, 3.63) is 46.3 Å². The van der Waals surface area contributed by atoms with Gasteiger partial charge in [0.25, 0.3) is 0 Å². The highest BCUT2D eigenvalue weighted by atomic mass is 16.1. The number of carbonyl (C=O) groups excluding carboxylic acids is 1. The van der Waals surface area contributed by atoms with Gasteiger partial charge in [0.05, 0.1) is 5.92 Å². The Kier molecular flexibility index (Phi) is 4.03. The number of ketones is 1. The maximum atomic E-state index is 12.7. The number of aryl methyl sites for hydroxylation is 1. The molecule has 0 saturated carbocycles. The molecule has 0 radical (unpaired) electrons. The number of nitrogens with one attached hydrogen (secondary N) is 1. The molecule has 2 nitrogen and oxygen atoms in total. The zero-order chi connectivity index (χ0) is 15.0. The lowest BCUT2D eigenvalue weighted by molar-refractivity contribution is -0.118. The average Bonchev–Trinajstić information content (AvgIpc) is 2.67. The van der Waals surface area contributed by atoms with Gasteiger partial charge in [0.15, 0.2) is 5.78 Å². The molecule has 0 aliphatic heterocycles. The largest absolute Gasteiger partial charge is 0.361 e. The van der Waals surface area contributed by atoms with E-state index < -0.39 is 0 Å². The van der Waals surface area contributed by atoms with Crippen LogP contribution in [0.5, 0.6) is 0 Å². The number of H-pyrrole nitrogens is 1. The highest BCUT2D eigenvalue weighted by Gasteiger charge is 2.36. The first-order valence-corrected chi connectivity index (χ1v) is 7.42. The minimum atomic E-state index is -0.0866. The summed E-state index contributed by atoms with van der Waals surface area (Å²) >= 11 is 0. The van der Waals surface area contributed by atoms with E-state index in [4.69, 9.17) is 0 Å². The van der Waals surface area contributed by atoms with Crippen LogP contribution in [-0.4, -0.2) is 10.8 Å². The van der Waals surface area contributed by atoms with Crippen LogP contribution in [0.25, 0.3) is 0 Å². The predicted molar refractivity (Wildman–Crippen MR) is 84.1 cm³/mol. The SMILES string of the molecule is C=C(C)[C@H]1CC=C(C)C(=O)[C@@H]1c1[nH]c(C)c(CC)c1C. The van der Waals surface area contributed by atoms with Crippen LogP contribution in [0, 0.1) is 19.8 Å². The summed E-state index contributed by atoms with van der Waals surface area (Å²) < 4.78 is 0. The van der Waals surface area contributed by atoms with Crippen LogP contribution < -0.4 is 0 Å². The summed E-state index contributed by atoms with van der Waals surface area (Å²) in [4.78, 5) is 16.2. The van der Waals surface area contributed by atoms with E-state index in [1.54, 1.807) is 0 Å². The number of allylic oxidation sites excluding steroid dienone is 3. The summed E-state index contributed by atoms with van der Waals surface area (Å²) in [5.74, 6) is 0.375. The molecule has 0 fully saturated rings. The molecule has 1 N–H and O–H groups in total. The third-order valence-corrected chi connectivity index (χ3v) is 4.68. The molecule has 1 aliphatic rings. The number of Topliss-reactive ketones (excluding diaryl/α,β-unsaturated/α-hetero) is 1. The van der Waals surface area contributed by atoms with E-state index in [-0.39, 0.29) is 17.6 Å². The van der Waals surface area contributed by atoms with Crippen molar-refractivity contribution < 1.29 is 4.79 Å². The second kappa shape index (κ2) is 5.43. The molecule has 2 atom stereocenters. The van der Waals surface area contributed by atoms with Crippen molar-refractivity contribution in [3.8, 4) is 0 Å². The topological polar surface area (TPSA) is 32.9 Å². The van der Waals surface area contributed by atoms with E-state index in [0.29, 0.717) is 0 Å². The maximum Gasteiger partial charge on any atom is 0.167 e. The third-order valence-electron chi connectivity index (χ3n) is 4.68. The Bertz CT molecular complexity index is 589. The van der Waals surface area contributed by atoms with Gasteiger partial charge in [-0.25, -0.2) is 0 Å². The fourth-order valence-electron chi connectivity index (χ4n) is 3.44. The Morgan fingerprint density at radius 1 is 1.40 bits per heavy atom. The normalized spacial score (nSPS) is 22.9. The van der Waals surface area contributed by atoms with Crippen molar-refractivity contribution in [1.82, 2.24) is 4.98 Å². The maximum absolute atomic E-state index is 12.7. The monoisotopic (exact) mass is 271 g/mol. The number of aromatic amines is 1. The first-order chi connectivity index (χ1) is 9.38. The van der Waals surface area contributed by atoms with E-state index in [0.717, 1.165) is 29.7 Å². The Morgan fingerprint density at radius 2 is 2.05 bits per heavy atom. The van der Waals surface area contributed by atoms with Crippen molar-refractivity contribution in [1.29, 1.82) is 0 Å². The predicted octanol–water partition coefficient (Wildman–Crippen LogP) is 4.39. The highest BCUT2D eigenvalue weighted by Crippen LogP contribution is 2.40. The van der Waals surface area contributed by atoms with Crippen LogP contribution in [0.3, 0.4) is 0 Å². The molecule has 0 bridgehead atoms. The fraction of sp³-hybridized carbons (Fsp3) is 0.500. The summed E-state index contributed by atoms with van der Waals surface area (Å²) in [6.45, 7) is 14.5. The van der Waals surface area contributed by atoms with E-state index in [1.807, 2.05) is 13.8 Å². The average molecular weight is 271 g/mol. The Morgan fingerprint density at radius 3 is 2.55 bits per heavy atom. The second-order valence-corrected chi connectivity index (χ2v) is 6.04. The van der Waals surface area contributed by atoms with Gasteiger partial charge in [-0.2, -0.15) is 0 Å². The van der Waals surface area contributed by atoms with Gasteiger partial charge in [-0.1, -0.05) is 25.2 Å². The molecule has 2 heteroatoms. The lowest BCUT2D eigenvalue weighted by Gasteiger charge is -2.30. The number of aromatic nitrogens is 1. The lowest BCUT2D eigenvalue weighted by atomic mass is 9.73. The first kappa shape index (κ1) is 14.8. The van der Waals surface area contributed by atoms with E-state index >= 15 is 0 Å². The van der Waals surface area contributed by atoms with Gasteiger partial charge in [0.1, 0.15) is 0 Å². The molecule has 1 aliphatic carbocycles. The van der Waals surface area contributed by atoms with Crippen molar-refractivity contribution in [2.75, 3.05) is 0 Å². The van der Waals surface area contributed by atoms with Crippen molar-refractivity contribution >= 4 is 5.78 Å². The summed E-state index contributed by atoms with van der Waals surface area (Å²) in [6, 6.07) is 0. The molecule has 1 aromatic heterocycles. The molecule has 0 unspecified atom stereocenters. The summed E-state index contributed by atoms with van der Waals surface area (Å²) in [5, 5.41) is 0. The Hall–Kier alpha value is -1.57. The van der Waals surface area contributed by atoms with Crippen LogP contribution in [0.2, 0.25) is 0 Å². The highest BCUT2D eigenvalue weighted by molar-refractivity contribution is 6.01. The lowest BCUT2D eigenvalue weighted by Crippen LogP contribution is -2.27. The summed E-state index contributed by atoms with van der Waals surface area (Å²) in [7, 11) is 0. The van der Waals surface area contributed by atoms with Gasteiger partial charge < -0.3 is 4.98 Å². The van der Waals surface area contributed by atoms with Crippen LogP contribution in [0.1, 0.15) is 55.6 Å². The van der Waals surface area contributed by atoms with Gasteiger partial charge in [-0.05, 0) is 63.2 Å². The minimum Gasteiger partial charge on any atom is -0.361 e. The standard InChI is InChI=1S/C18H25NO/c1-7-14-12(5)17(19-13(14)6)16-15(10(2)3)9-8-11(4)18(16)20/h8,15-16,19H,2,7,9H2,1,3-6H3/t15-,16+/m1/s1. The van der Waals surface area contributed by atoms with Crippen LogP contribution in [-0.2, 0) is 11.2 Å². The van der Waals surface area contributed by atoms with Crippen molar-refractivity contribution in [3.63, 3.8) is 0 Å². The van der Waals surface area contributed by atoms with E-state index in [9.17, 15) is 4.79 Å². The Balaban J connectivity index is 2.55. The molecule has 20 heavy (non-hydrogen) atoms. The van der Waals surface area contributed by atoms with Gasteiger partial charge >= 0.3 is 0 Å². The molecular formula is C18H25NO. The summed E-state index contributed by atoms with van der Waals surface area (Å²) in [5.41, 5.74) is 6.88. The molecule has 1 heterocycles. The van der Waals surface area contributed by atoms with Gasteiger partial charge in [0.2, 0.25) is 0 Å². The number of hydrogen-bond donors (Lipinski definition) is 1. The molecule has 1 aromatic rings. The van der Waals surface area contributed by atoms with Gasteiger partial charge in [-0.3, -0.25) is 4.79 Å². The van der Waals surface area contributed by atoms with E-state index in [1.165, 1.54) is 16.8 Å². The fourth-order valence-corrected chi connectivity index (χ4v) is 3.44. The zero-order valence-corrected chi connectivity index (χ0v) is 13.3. The molecule has 0 saturated heterocycles. The first-order valence-electron chi connectivity index (χ1n) is 7.42. The number of hydrogen-bond acceptors (Lipinski definition) is 1. The van der Waals surface area contributed by atoms with Crippen molar-refractivity contribution in [2.45, 2.75) is 53.4 Å². The second-order valence-electron chi connectivity index (χ2n) is 6.04. The van der Waals surface area contributed by atoms with Crippen LogP contribution >= 0.6 is 0 Å². The smallest absolute Gasteiger partial charge is 0.167 e. The van der Waals surface area contributed by atoms with Gasteiger partial charge in [-0.15, -0.1) is 0 Å². The molecular weight excluding hydrogens is 246 g/mol. The third kappa shape index (κ3) is 2.28. The molecule has 108 valence electrons. The molecule has 0 spiro atoms. The zero-order valence-electron chi connectivity index (χ0n) is 13.3. The van der Waals surface area contributed by atoms with Crippen LogP contribution in [0.15, 0.2) is 23.8 Å². The molecule has 0 amide bonds. The Labute approximate surface area is 122 Å². The number of carbonyl (C=O) groups is 1. The summed E-state index contributed by atoms with van der Waals surface area (Å²) in [6.07, 6.45) is 3.97. The van der Waals surface area contributed by atoms with Gasteiger partial charge in [0, 0.05) is 11.4 Å². The minimum absolute atomic E-state index is 0.0866.